The molecule has 1 aliphatic rings. The molecule has 0 radical (unpaired) electrons. The molecule has 1 aliphatic heterocycles. The maximum absolute atomic E-state index is 9.21. The Morgan fingerprint density at radius 3 is 3.00 bits per heavy atom. The Balaban J connectivity index is 1.95. The first kappa shape index (κ1) is 12.2. The highest BCUT2D eigenvalue weighted by atomic mass is 16.7. The summed E-state index contributed by atoms with van der Waals surface area (Å²) in [6, 6.07) is 0. The minimum atomic E-state index is -0.466. The van der Waals surface area contributed by atoms with Crippen LogP contribution in [0.4, 0.5) is 5.82 Å². The van der Waals surface area contributed by atoms with Crippen molar-refractivity contribution in [3.8, 4) is 0 Å². The Bertz CT molecular complexity index is 576. The molecule has 9 nitrogen and oxygen atoms in total. The summed E-state index contributed by atoms with van der Waals surface area (Å²) in [5.41, 5.74) is 6.82. The lowest BCUT2D eigenvalue weighted by atomic mass is 10.2. The summed E-state index contributed by atoms with van der Waals surface area (Å²) in [5.74, 6) is 5.50. The molecule has 0 aliphatic carbocycles. The van der Waals surface area contributed by atoms with Gasteiger partial charge in [0.05, 0.1) is 12.9 Å². The number of nitrogens with zero attached hydrogens (tertiary/aromatic N) is 4. The van der Waals surface area contributed by atoms with Crippen LogP contribution in [0.3, 0.4) is 0 Å². The van der Waals surface area contributed by atoms with Crippen LogP contribution in [-0.2, 0) is 9.57 Å². The van der Waals surface area contributed by atoms with Crippen molar-refractivity contribution in [2.75, 3.05) is 12.3 Å². The number of aromatic nitrogens is 4. The molecule has 3 heterocycles. The quantitative estimate of drug-likeness (QED) is 0.599. The molecule has 5 N–H and O–H groups in total. The summed E-state index contributed by atoms with van der Waals surface area (Å²) in [6.07, 6.45) is 2.25. The molecule has 102 valence electrons. The van der Waals surface area contributed by atoms with Gasteiger partial charge in [-0.15, -0.1) is 0 Å². The second-order valence-corrected chi connectivity index (χ2v) is 4.30. The number of aliphatic hydroxyl groups is 1. The molecule has 9 heteroatoms. The SMILES string of the molecule is NOC1CC(n2cnc3c(N)ncnc32)OC1CO. The molecule has 0 spiro atoms. The molecule has 3 atom stereocenters. The summed E-state index contributed by atoms with van der Waals surface area (Å²) in [4.78, 5) is 17.0. The highest BCUT2D eigenvalue weighted by Crippen LogP contribution is 2.32. The van der Waals surface area contributed by atoms with Gasteiger partial charge in [0.15, 0.2) is 11.5 Å². The Morgan fingerprint density at radius 1 is 1.47 bits per heavy atom. The molecule has 0 amide bonds. The van der Waals surface area contributed by atoms with Gasteiger partial charge in [-0.25, -0.2) is 20.8 Å². The minimum absolute atomic E-state index is 0.165. The van der Waals surface area contributed by atoms with Crippen molar-refractivity contribution in [2.45, 2.75) is 24.9 Å². The highest BCUT2D eigenvalue weighted by Gasteiger charge is 2.37. The molecular formula is C10H14N6O3. The lowest BCUT2D eigenvalue weighted by Gasteiger charge is -2.13. The average Bonchev–Trinajstić information content (AvgIpc) is 3.02. The van der Waals surface area contributed by atoms with E-state index in [1.165, 1.54) is 6.33 Å². The van der Waals surface area contributed by atoms with E-state index in [-0.39, 0.29) is 18.9 Å². The molecule has 0 saturated carbocycles. The van der Waals surface area contributed by atoms with E-state index < -0.39 is 6.10 Å². The van der Waals surface area contributed by atoms with Gasteiger partial charge in [0.25, 0.3) is 0 Å². The van der Waals surface area contributed by atoms with Gasteiger partial charge in [0.2, 0.25) is 0 Å². The van der Waals surface area contributed by atoms with Gasteiger partial charge in [-0.3, -0.25) is 9.40 Å². The zero-order valence-corrected chi connectivity index (χ0v) is 10.0. The van der Waals surface area contributed by atoms with Crippen LogP contribution < -0.4 is 11.6 Å². The fourth-order valence-corrected chi connectivity index (χ4v) is 2.26. The van der Waals surface area contributed by atoms with Crippen molar-refractivity contribution in [1.82, 2.24) is 19.5 Å². The van der Waals surface area contributed by atoms with Gasteiger partial charge in [-0.1, -0.05) is 0 Å². The van der Waals surface area contributed by atoms with Gasteiger partial charge >= 0.3 is 0 Å². The first-order valence-corrected chi connectivity index (χ1v) is 5.79. The topological polar surface area (TPSA) is 134 Å². The molecule has 0 aromatic carbocycles. The second-order valence-electron chi connectivity index (χ2n) is 4.30. The molecule has 19 heavy (non-hydrogen) atoms. The Kier molecular flexibility index (Phi) is 3.03. The molecule has 0 bridgehead atoms. The van der Waals surface area contributed by atoms with E-state index in [0.29, 0.717) is 23.4 Å². The number of hydrogen-bond acceptors (Lipinski definition) is 8. The number of ether oxygens (including phenoxy) is 1. The predicted molar refractivity (Wildman–Crippen MR) is 64.4 cm³/mol. The molecule has 2 aromatic heterocycles. The Morgan fingerprint density at radius 2 is 2.32 bits per heavy atom. The van der Waals surface area contributed by atoms with Crippen molar-refractivity contribution in [1.29, 1.82) is 0 Å². The lowest BCUT2D eigenvalue weighted by Crippen LogP contribution is -2.29. The zero-order chi connectivity index (χ0) is 13.4. The van der Waals surface area contributed by atoms with Gasteiger partial charge in [-0.2, -0.15) is 0 Å². The van der Waals surface area contributed by atoms with Crippen LogP contribution in [-0.4, -0.2) is 43.4 Å². The van der Waals surface area contributed by atoms with E-state index in [4.69, 9.17) is 21.2 Å². The third kappa shape index (κ3) is 1.92. The smallest absolute Gasteiger partial charge is 0.167 e. The fourth-order valence-electron chi connectivity index (χ4n) is 2.26. The standard InChI is InChI=1S/C10H14N6O3/c11-9-8-10(14-3-13-9)16(4-15-8)7-1-5(19-12)6(2-17)18-7/h3-7,17H,1-2,12H2,(H2,11,13,14). The Labute approximate surface area is 108 Å². The summed E-state index contributed by atoms with van der Waals surface area (Å²) in [7, 11) is 0. The van der Waals surface area contributed by atoms with Crippen molar-refractivity contribution in [3.05, 3.63) is 12.7 Å². The van der Waals surface area contributed by atoms with Gasteiger partial charge in [0, 0.05) is 6.42 Å². The summed E-state index contributed by atoms with van der Waals surface area (Å²) in [6.45, 7) is -0.165. The van der Waals surface area contributed by atoms with Crippen molar-refractivity contribution in [2.24, 2.45) is 5.90 Å². The van der Waals surface area contributed by atoms with E-state index in [2.05, 4.69) is 15.0 Å². The van der Waals surface area contributed by atoms with Crippen LogP contribution in [0.1, 0.15) is 12.6 Å². The van der Waals surface area contributed by atoms with E-state index in [9.17, 15) is 5.11 Å². The van der Waals surface area contributed by atoms with Crippen molar-refractivity contribution in [3.63, 3.8) is 0 Å². The molecule has 3 rings (SSSR count). The summed E-state index contributed by atoms with van der Waals surface area (Å²) >= 11 is 0. The van der Waals surface area contributed by atoms with Crippen LogP contribution in [0.5, 0.6) is 0 Å². The molecule has 1 saturated heterocycles. The van der Waals surface area contributed by atoms with E-state index in [0.717, 1.165) is 0 Å². The summed E-state index contributed by atoms with van der Waals surface area (Å²) in [5, 5.41) is 9.21. The maximum Gasteiger partial charge on any atom is 0.167 e. The number of anilines is 1. The molecule has 1 fully saturated rings. The van der Waals surface area contributed by atoms with E-state index >= 15 is 0 Å². The van der Waals surface area contributed by atoms with Crippen LogP contribution in [0, 0.1) is 0 Å². The normalized spacial score (nSPS) is 27.2. The van der Waals surface area contributed by atoms with Gasteiger partial charge in [-0.05, 0) is 0 Å². The van der Waals surface area contributed by atoms with Crippen LogP contribution in [0.15, 0.2) is 12.7 Å². The van der Waals surface area contributed by atoms with Crippen LogP contribution in [0.2, 0.25) is 0 Å². The number of fused-ring (bicyclic) bond motifs is 1. The fraction of sp³-hybridized carbons (Fsp3) is 0.500. The number of hydrogen-bond donors (Lipinski definition) is 3. The lowest BCUT2D eigenvalue weighted by molar-refractivity contribution is -0.0612. The predicted octanol–water partition coefficient (Wildman–Crippen LogP) is -1.05. The number of aliphatic hydroxyl groups excluding tert-OH is 1. The highest BCUT2D eigenvalue weighted by molar-refractivity contribution is 5.81. The second kappa shape index (κ2) is 4.70. The van der Waals surface area contributed by atoms with E-state index in [1.807, 2.05) is 0 Å². The monoisotopic (exact) mass is 266 g/mol. The van der Waals surface area contributed by atoms with E-state index in [1.54, 1.807) is 10.9 Å². The van der Waals surface area contributed by atoms with Crippen LogP contribution in [0.25, 0.3) is 11.2 Å². The minimum Gasteiger partial charge on any atom is -0.394 e. The number of imidazole rings is 1. The first-order valence-electron chi connectivity index (χ1n) is 5.79. The third-order valence-electron chi connectivity index (χ3n) is 3.23. The maximum atomic E-state index is 9.21. The summed E-state index contributed by atoms with van der Waals surface area (Å²) < 4.78 is 7.40. The van der Waals surface area contributed by atoms with Gasteiger partial charge < -0.3 is 15.6 Å². The Hall–Kier alpha value is -1.81. The molecule has 2 aromatic rings. The largest absolute Gasteiger partial charge is 0.394 e. The molecule has 3 unspecified atom stereocenters. The van der Waals surface area contributed by atoms with Crippen molar-refractivity contribution >= 4 is 17.0 Å². The van der Waals surface area contributed by atoms with Crippen molar-refractivity contribution < 1.29 is 14.7 Å². The number of nitrogens with two attached hydrogens (primary N) is 2. The molecular weight excluding hydrogens is 252 g/mol. The zero-order valence-electron chi connectivity index (χ0n) is 10.0. The number of nitrogen functional groups attached to an aromatic ring is 1. The third-order valence-corrected chi connectivity index (χ3v) is 3.23. The first-order chi connectivity index (χ1) is 9.24. The number of rotatable bonds is 3. The average molecular weight is 266 g/mol. The van der Waals surface area contributed by atoms with Crippen LogP contribution >= 0.6 is 0 Å². The van der Waals surface area contributed by atoms with Gasteiger partial charge in [0.1, 0.15) is 30.3 Å².